The summed E-state index contributed by atoms with van der Waals surface area (Å²) in [6.07, 6.45) is 1.42. The zero-order chi connectivity index (χ0) is 24.6. The van der Waals surface area contributed by atoms with E-state index in [1.165, 1.54) is 11.3 Å². The lowest BCUT2D eigenvalue weighted by molar-refractivity contribution is -0.143. The van der Waals surface area contributed by atoms with E-state index in [1.54, 1.807) is 68.9 Å². The van der Waals surface area contributed by atoms with Gasteiger partial charge in [-0.25, -0.2) is 9.79 Å². The van der Waals surface area contributed by atoms with E-state index in [4.69, 9.17) is 32.7 Å². The molecule has 34 heavy (non-hydrogen) atoms. The van der Waals surface area contributed by atoms with E-state index < -0.39 is 12.0 Å². The Morgan fingerprint density at radius 2 is 1.85 bits per heavy atom. The van der Waals surface area contributed by atoms with Gasteiger partial charge in [-0.1, -0.05) is 52.7 Å². The number of rotatable bonds is 5. The summed E-state index contributed by atoms with van der Waals surface area (Å²) in [4.78, 5) is 31.8. The van der Waals surface area contributed by atoms with Crippen LogP contribution in [0.3, 0.4) is 0 Å². The van der Waals surface area contributed by atoms with Gasteiger partial charge in [0.25, 0.3) is 5.56 Å². The minimum atomic E-state index is -0.690. The summed E-state index contributed by atoms with van der Waals surface area (Å²) in [5.74, 6) is 0.165. The van der Waals surface area contributed by atoms with E-state index in [-0.39, 0.29) is 11.7 Å². The monoisotopic (exact) mass is 516 g/mol. The maximum atomic E-state index is 13.6. The molecule has 3 aromatic rings. The molecule has 6 nitrogen and oxygen atoms in total. The van der Waals surface area contributed by atoms with Crippen LogP contribution in [0.25, 0.3) is 6.08 Å². The standard InChI is InChI=1S/C25H22Cl2N2O4S/c1-13(2)33-24(31)21-14(3)28-25-29(22(21)16-6-8-17(32-4)9-7-16)23(30)20(34-25)12-15-5-10-18(26)19(27)11-15/h5-13,22H,1-4H3/b20-12+/t22-/m0/s1. The summed E-state index contributed by atoms with van der Waals surface area (Å²) >= 11 is 13.4. The number of esters is 1. The maximum absolute atomic E-state index is 13.6. The van der Waals surface area contributed by atoms with Crippen LogP contribution < -0.4 is 19.6 Å². The minimum Gasteiger partial charge on any atom is -0.497 e. The van der Waals surface area contributed by atoms with E-state index in [2.05, 4.69) is 4.99 Å². The van der Waals surface area contributed by atoms with Crippen molar-refractivity contribution in [3.63, 3.8) is 0 Å². The fourth-order valence-corrected chi connectivity index (χ4v) is 5.07. The first-order valence-corrected chi connectivity index (χ1v) is 12.1. The Hall–Kier alpha value is -2.87. The van der Waals surface area contributed by atoms with Crippen molar-refractivity contribution in [1.29, 1.82) is 0 Å². The highest BCUT2D eigenvalue weighted by molar-refractivity contribution is 7.07. The normalized spacial score (nSPS) is 15.9. The molecule has 2 aromatic carbocycles. The summed E-state index contributed by atoms with van der Waals surface area (Å²) in [5, 5.41) is 0.831. The smallest absolute Gasteiger partial charge is 0.338 e. The molecular weight excluding hydrogens is 495 g/mol. The van der Waals surface area contributed by atoms with E-state index in [0.29, 0.717) is 36.4 Å². The Balaban J connectivity index is 1.93. The molecule has 1 aliphatic rings. The lowest BCUT2D eigenvalue weighted by atomic mass is 9.96. The molecule has 0 unspecified atom stereocenters. The number of carbonyl (C=O) groups excluding carboxylic acids is 1. The molecule has 0 spiro atoms. The lowest BCUT2D eigenvalue weighted by Crippen LogP contribution is -2.40. The van der Waals surface area contributed by atoms with Crippen molar-refractivity contribution in [2.75, 3.05) is 7.11 Å². The third kappa shape index (κ3) is 4.69. The van der Waals surface area contributed by atoms with Crippen LogP contribution in [0.5, 0.6) is 5.75 Å². The molecule has 0 bridgehead atoms. The second-order valence-electron chi connectivity index (χ2n) is 7.98. The Labute approximate surface area is 210 Å². The number of halogens is 2. The molecular formula is C25H22Cl2N2O4S. The van der Waals surface area contributed by atoms with Crippen molar-refractivity contribution >= 4 is 46.6 Å². The van der Waals surface area contributed by atoms with Crippen molar-refractivity contribution in [1.82, 2.24) is 4.57 Å². The number of benzene rings is 2. The number of carbonyl (C=O) groups is 1. The fourth-order valence-electron chi connectivity index (χ4n) is 3.72. The Bertz CT molecular complexity index is 1470. The van der Waals surface area contributed by atoms with E-state index in [9.17, 15) is 9.59 Å². The van der Waals surface area contributed by atoms with Gasteiger partial charge in [-0.05, 0) is 62.2 Å². The van der Waals surface area contributed by atoms with Gasteiger partial charge in [0.15, 0.2) is 4.80 Å². The first-order chi connectivity index (χ1) is 16.2. The molecule has 176 valence electrons. The molecule has 0 saturated heterocycles. The molecule has 1 aromatic heterocycles. The third-order valence-corrected chi connectivity index (χ3v) is 6.98. The van der Waals surface area contributed by atoms with Gasteiger partial charge in [0, 0.05) is 0 Å². The molecule has 1 aliphatic heterocycles. The van der Waals surface area contributed by atoms with Crippen LogP contribution in [0.2, 0.25) is 10.0 Å². The van der Waals surface area contributed by atoms with Gasteiger partial charge in [-0.15, -0.1) is 0 Å². The van der Waals surface area contributed by atoms with E-state index >= 15 is 0 Å². The minimum absolute atomic E-state index is 0.266. The number of fused-ring (bicyclic) bond motifs is 1. The van der Waals surface area contributed by atoms with Crippen LogP contribution in [0.4, 0.5) is 0 Å². The van der Waals surface area contributed by atoms with Crippen LogP contribution in [0, 0.1) is 0 Å². The molecule has 9 heteroatoms. The number of ether oxygens (including phenoxy) is 2. The number of aromatic nitrogens is 1. The Morgan fingerprint density at radius 1 is 1.15 bits per heavy atom. The van der Waals surface area contributed by atoms with Crippen LogP contribution in [0.15, 0.2) is 63.5 Å². The van der Waals surface area contributed by atoms with Crippen LogP contribution >= 0.6 is 34.5 Å². The molecule has 0 fully saturated rings. The predicted octanol–water partition coefficient (Wildman–Crippen LogP) is 4.50. The van der Waals surface area contributed by atoms with Crippen molar-refractivity contribution in [2.45, 2.75) is 32.9 Å². The quantitative estimate of drug-likeness (QED) is 0.468. The molecule has 0 saturated carbocycles. The van der Waals surface area contributed by atoms with Gasteiger partial charge in [-0.2, -0.15) is 0 Å². The Kier molecular flexibility index (Phi) is 6.98. The summed E-state index contributed by atoms with van der Waals surface area (Å²) in [7, 11) is 1.58. The molecule has 1 atom stereocenters. The number of hydrogen-bond acceptors (Lipinski definition) is 6. The number of hydrogen-bond donors (Lipinski definition) is 0. The summed E-state index contributed by atoms with van der Waals surface area (Å²) in [6, 6.07) is 11.7. The number of methoxy groups -OCH3 is 1. The number of thiazole rings is 1. The van der Waals surface area contributed by atoms with E-state index in [1.807, 2.05) is 12.1 Å². The second kappa shape index (κ2) is 9.78. The lowest BCUT2D eigenvalue weighted by Gasteiger charge is -2.25. The van der Waals surface area contributed by atoms with Crippen molar-refractivity contribution < 1.29 is 14.3 Å². The highest BCUT2D eigenvalue weighted by atomic mass is 35.5. The van der Waals surface area contributed by atoms with Gasteiger partial charge in [0.1, 0.15) is 5.75 Å². The Morgan fingerprint density at radius 3 is 2.47 bits per heavy atom. The molecule has 0 amide bonds. The van der Waals surface area contributed by atoms with Crippen LogP contribution in [0.1, 0.15) is 37.9 Å². The van der Waals surface area contributed by atoms with Crippen molar-refractivity contribution in [2.24, 2.45) is 4.99 Å². The highest BCUT2D eigenvalue weighted by Gasteiger charge is 2.33. The zero-order valence-electron chi connectivity index (χ0n) is 19.0. The van der Waals surface area contributed by atoms with E-state index in [0.717, 1.165) is 11.1 Å². The average molecular weight is 517 g/mol. The SMILES string of the molecule is COc1ccc([C@H]2C(C(=O)OC(C)C)=C(C)N=c3s/c(=C/c4ccc(Cl)c(Cl)c4)c(=O)n32)cc1. The zero-order valence-corrected chi connectivity index (χ0v) is 21.3. The molecule has 2 heterocycles. The summed E-state index contributed by atoms with van der Waals surface area (Å²) in [6.45, 7) is 5.31. The largest absolute Gasteiger partial charge is 0.497 e. The summed E-state index contributed by atoms with van der Waals surface area (Å²) in [5.41, 5.74) is 2.04. The van der Waals surface area contributed by atoms with Gasteiger partial charge in [0.05, 0.1) is 45.1 Å². The summed E-state index contributed by atoms with van der Waals surface area (Å²) < 4.78 is 12.8. The van der Waals surface area contributed by atoms with Gasteiger partial charge >= 0.3 is 5.97 Å². The van der Waals surface area contributed by atoms with Crippen LogP contribution in [-0.4, -0.2) is 23.8 Å². The third-order valence-electron chi connectivity index (χ3n) is 5.26. The van der Waals surface area contributed by atoms with Gasteiger partial charge in [0.2, 0.25) is 0 Å². The van der Waals surface area contributed by atoms with Crippen molar-refractivity contribution in [3.8, 4) is 5.75 Å². The predicted molar refractivity (Wildman–Crippen MR) is 134 cm³/mol. The first kappa shape index (κ1) is 24.3. The van der Waals surface area contributed by atoms with Gasteiger partial charge < -0.3 is 9.47 Å². The fraction of sp³-hybridized carbons (Fsp3) is 0.240. The molecule has 0 radical (unpaired) electrons. The maximum Gasteiger partial charge on any atom is 0.338 e. The number of allylic oxidation sites excluding steroid dienone is 1. The second-order valence-corrected chi connectivity index (χ2v) is 9.81. The molecule has 4 rings (SSSR count). The average Bonchev–Trinajstić information content (AvgIpc) is 3.09. The topological polar surface area (TPSA) is 69.9 Å². The number of nitrogens with zero attached hydrogens (tertiary/aromatic N) is 2. The molecule has 0 aliphatic carbocycles. The molecule has 0 N–H and O–H groups in total. The first-order valence-electron chi connectivity index (χ1n) is 10.5. The van der Waals surface area contributed by atoms with Gasteiger partial charge in [-0.3, -0.25) is 9.36 Å². The van der Waals surface area contributed by atoms with Crippen molar-refractivity contribution in [3.05, 3.63) is 94.6 Å². The highest BCUT2D eigenvalue weighted by Crippen LogP contribution is 2.32. The van der Waals surface area contributed by atoms with Crippen LogP contribution in [-0.2, 0) is 9.53 Å².